The molecule has 2 bridgehead atoms. The van der Waals surface area contributed by atoms with Gasteiger partial charge in [-0.15, -0.1) is 0 Å². The maximum atomic E-state index is 5.75. The molecule has 2 rings (SSSR count). The summed E-state index contributed by atoms with van der Waals surface area (Å²) in [5, 5.41) is 0. The van der Waals surface area contributed by atoms with Gasteiger partial charge in [0.2, 0.25) is 0 Å². The van der Waals surface area contributed by atoms with Crippen molar-refractivity contribution in [1.29, 1.82) is 0 Å². The molecule has 0 heterocycles. The molecule has 86 valence electrons. The van der Waals surface area contributed by atoms with Gasteiger partial charge in [-0.2, -0.15) is 11.8 Å². The normalized spacial score (nSPS) is 36.5. The largest absolute Gasteiger partial charge is 0.380 e. The van der Waals surface area contributed by atoms with E-state index in [1.54, 1.807) is 5.57 Å². The highest BCUT2D eigenvalue weighted by molar-refractivity contribution is 7.98. The average molecular weight is 226 g/mol. The van der Waals surface area contributed by atoms with Crippen LogP contribution in [-0.4, -0.2) is 25.2 Å². The van der Waals surface area contributed by atoms with Crippen LogP contribution in [0.3, 0.4) is 0 Å². The first-order valence-corrected chi connectivity index (χ1v) is 7.29. The predicted octanol–water partition coefficient (Wildman–Crippen LogP) is 3.50. The highest BCUT2D eigenvalue weighted by atomic mass is 32.2. The smallest absolute Gasteiger partial charge is 0.0723 e. The minimum Gasteiger partial charge on any atom is -0.380 e. The molecule has 2 aliphatic carbocycles. The monoisotopic (exact) mass is 226 g/mol. The summed E-state index contributed by atoms with van der Waals surface area (Å²) in [6.07, 6.45) is 10.4. The lowest BCUT2D eigenvalue weighted by Gasteiger charge is -2.41. The molecule has 1 fully saturated rings. The van der Waals surface area contributed by atoms with E-state index in [1.165, 1.54) is 25.7 Å². The molecule has 1 saturated carbocycles. The van der Waals surface area contributed by atoms with Gasteiger partial charge in [0.15, 0.2) is 0 Å². The van der Waals surface area contributed by atoms with Crippen LogP contribution in [0.15, 0.2) is 11.6 Å². The van der Waals surface area contributed by atoms with Gasteiger partial charge in [0.05, 0.1) is 6.10 Å². The fraction of sp³-hybridized carbons (Fsp3) is 0.846. The number of ether oxygens (including phenoxy) is 1. The molecule has 0 saturated heterocycles. The number of fused-ring (bicyclic) bond motifs is 2. The Bertz CT molecular complexity index is 261. The van der Waals surface area contributed by atoms with Gasteiger partial charge in [0.1, 0.15) is 0 Å². The summed E-state index contributed by atoms with van der Waals surface area (Å²) in [6, 6.07) is 0. The minimum atomic E-state index is 0.448. The molecule has 2 heteroatoms. The zero-order valence-corrected chi connectivity index (χ0v) is 10.9. The predicted molar refractivity (Wildman–Crippen MR) is 67.3 cm³/mol. The molecule has 15 heavy (non-hydrogen) atoms. The van der Waals surface area contributed by atoms with Crippen LogP contribution in [0.1, 0.15) is 32.6 Å². The summed E-state index contributed by atoms with van der Waals surface area (Å²) in [6.45, 7) is 2.39. The summed E-state index contributed by atoms with van der Waals surface area (Å²) >= 11 is 1.91. The van der Waals surface area contributed by atoms with Crippen molar-refractivity contribution in [2.24, 2.45) is 11.3 Å². The van der Waals surface area contributed by atoms with E-state index in [0.29, 0.717) is 11.5 Å². The van der Waals surface area contributed by atoms with Crippen LogP contribution in [0, 0.1) is 11.3 Å². The zero-order valence-electron chi connectivity index (χ0n) is 10.1. The third kappa shape index (κ3) is 2.12. The number of allylic oxidation sites excluding steroid dienone is 2. The Labute approximate surface area is 97.7 Å². The van der Waals surface area contributed by atoms with Gasteiger partial charge in [0, 0.05) is 18.3 Å². The van der Waals surface area contributed by atoms with E-state index in [4.69, 9.17) is 4.74 Å². The first kappa shape index (κ1) is 11.5. The van der Waals surface area contributed by atoms with Crippen LogP contribution < -0.4 is 0 Å². The summed E-state index contributed by atoms with van der Waals surface area (Å²) in [4.78, 5) is 0. The second-order valence-corrected chi connectivity index (χ2v) is 6.21. The second-order valence-electron chi connectivity index (χ2n) is 5.30. The third-order valence-electron chi connectivity index (χ3n) is 4.03. The lowest BCUT2D eigenvalue weighted by molar-refractivity contribution is -0.0108. The van der Waals surface area contributed by atoms with E-state index in [2.05, 4.69) is 19.3 Å². The molecule has 0 aliphatic heterocycles. The third-order valence-corrected chi connectivity index (χ3v) is 4.66. The average Bonchev–Trinajstić information content (AvgIpc) is 2.52. The topological polar surface area (TPSA) is 9.23 Å². The van der Waals surface area contributed by atoms with Gasteiger partial charge in [-0.05, 0) is 37.9 Å². The van der Waals surface area contributed by atoms with Gasteiger partial charge in [0.25, 0.3) is 0 Å². The van der Waals surface area contributed by atoms with Crippen molar-refractivity contribution < 1.29 is 4.74 Å². The van der Waals surface area contributed by atoms with Crippen LogP contribution in [0.4, 0.5) is 0 Å². The van der Waals surface area contributed by atoms with E-state index < -0.39 is 0 Å². The van der Waals surface area contributed by atoms with Crippen LogP contribution in [-0.2, 0) is 4.74 Å². The quantitative estimate of drug-likeness (QED) is 0.679. The van der Waals surface area contributed by atoms with Crippen LogP contribution in [0.2, 0.25) is 0 Å². The Morgan fingerprint density at radius 3 is 3.13 bits per heavy atom. The van der Waals surface area contributed by atoms with Crippen LogP contribution >= 0.6 is 11.8 Å². The zero-order chi connectivity index (χ0) is 10.9. The van der Waals surface area contributed by atoms with E-state index in [-0.39, 0.29) is 0 Å². The van der Waals surface area contributed by atoms with Crippen molar-refractivity contribution in [2.75, 3.05) is 19.1 Å². The molecule has 0 N–H and O–H groups in total. The lowest BCUT2D eigenvalue weighted by Crippen LogP contribution is -2.39. The van der Waals surface area contributed by atoms with E-state index in [0.717, 1.165) is 11.7 Å². The van der Waals surface area contributed by atoms with Crippen molar-refractivity contribution in [3.8, 4) is 0 Å². The fourth-order valence-electron chi connectivity index (χ4n) is 3.49. The van der Waals surface area contributed by atoms with E-state index in [1.807, 2.05) is 18.9 Å². The molecule has 0 aromatic heterocycles. The van der Waals surface area contributed by atoms with E-state index >= 15 is 0 Å². The molecule has 0 radical (unpaired) electrons. The molecule has 3 atom stereocenters. The van der Waals surface area contributed by atoms with Gasteiger partial charge >= 0.3 is 0 Å². The highest BCUT2D eigenvalue weighted by Crippen LogP contribution is 2.52. The number of rotatable bonds is 4. The van der Waals surface area contributed by atoms with Gasteiger partial charge in [-0.3, -0.25) is 0 Å². The molecule has 0 spiro atoms. The standard InChI is InChI=1S/C13H22OS/c1-10-6-11-4-5-13(7-10,8-11)12(14-2)9-15-3/h4,10,12H,5-9H2,1-3H3. The number of methoxy groups -OCH3 is 1. The summed E-state index contributed by atoms with van der Waals surface area (Å²) in [5.74, 6) is 2.00. The second kappa shape index (κ2) is 4.50. The Balaban J connectivity index is 2.12. The van der Waals surface area contributed by atoms with Crippen molar-refractivity contribution in [2.45, 2.75) is 38.7 Å². The molecular formula is C13H22OS. The fourth-order valence-corrected chi connectivity index (χ4v) is 4.28. The molecule has 0 amide bonds. The highest BCUT2D eigenvalue weighted by Gasteiger charge is 2.45. The van der Waals surface area contributed by atoms with Crippen molar-refractivity contribution in [3.63, 3.8) is 0 Å². The number of hydrogen-bond donors (Lipinski definition) is 0. The Hall–Kier alpha value is 0.0500. The number of thioether (sulfide) groups is 1. The molecule has 3 unspecified atom stereocenters. The van der Waals surface area contributed by atoms with Crippen molar-refractivity contribution in [3.05, 3.63) is 11.6 Å². The molecule has 0 aromatic carbocycles. The lowest BCUT2D eigenvalue weighted by atomic mass is 9.68. The maximum Gasteiger partial charge on any atom is 0.0723 e. The molecule has 0 aromatic rings. The summed E-state index contributed by atoms with van der Waals surface area (Å²) < 4.78 is 5.75. The Morgan fingerprint density at radius 1 is 1.67 bits per heavy atom. The maximum absolute atomic E-state index is 5.75. The minimum absolute atomic E-state index is 0.448. The van der Waals surface area contributed by atoms with Gasteiger partial charge in [-0.1, -0.05) is 18.6 Å². The molecule has 2 aliphatic rings. The van der Waals surface area contributed by atoms with Crippen LogP contribution in [0.5, 0.6) is 0 Å². The van der Waals surface area contributed by atoms with Gasteiger partial charge < -0.3 is 4.74 Å². The van der Waals surface area contributed by atoms with Crippen molar-refractivity contribution in [1.82, 2.24) is 0 Å². The molecule has 1 nitrogen and oxygen atoms in total. The van der Waals surface area contributed by atoms with Crippen molar-refractivity contribution >= 4 is 11.8 Å². The summed E-state index contributed by atoms with van der Waals surface area (Å²) in [7, 11) is 1.88. The SMILES string of the molecule is COC(CSC)C12CC=C(CC(C)C1)C2. The molecular weight excluding hydrogens is 204 g/mol. The summed E-state index contributed by atoms with van der Waals surface area (Å²) in [5.41, 5.74) is 2.14. The first-order chi connectivity index (χ1) is 7.20. The first-order valence-electron chi connectivity index (χ1n) is 5.90. The number of hydrogen-bond acceptors (Lipinski definition) is 2. The Kier molecular flexibility index (Phi) is 3.46. The Morgan fingerprint density at radius 2 is 2.47 bits per heavy atom. The van der Waals surface area contributed by atoms with Crippen LogP contribution in [0.25, 0.3) is 0 Å². The van der Waals surface area contributed by atoms with Gasteiger partial charge in [-0.25, -0.2) is 0 Å². The van der Waals surface area contributed by atoms with E-state index in [9.17, 15) is 0 Å².